The molecule has 0 radical (unpaired) electrons. The fraction of sp³-hybridized carbons (Fsp3) is 0.333. The number of nitrogens with one attached hydrogen (secondary N) is 1. The molecule has 0 saturated carbocycles. The molecule has 1 heterocycles. The molecule has 0 unspecified atom stereocenters. The Kier molecular flexibility index (Phi) is 5.85. The van der Waals surface area contributed by atoms with Crippen molar-refractivity contribution in [1.82, 2.24) is 5.32 Å². The van der Waals surface area contributed by atoms with Crippen LogP contribution in [-0.2, 0) is 14.3 Å². The van der Waals surface area contributed by atoms with E-state index in [4.69, 9.17) is 9.47 Å². The first kappa shape index (κ1) is 19.4. The Hall–Kier alpha value is -2.34. The summed E-state index contributed by atoms with van der Waals surface area (Å²) in [7, 11) is 1.59. The molecule has 0 bridgehead atoms. The number of halogens is 1. The monoisotopic (exact) mass is 431 g/mol. The van der Waals surface area contributed by atoms with E-state index in [1.807, 2.05) is 25.1 Å². The number of Topliss-reactive ketones (excluding diaryl/α,β-unsaturated/α-hetero) is 1. The predicted octanol–water partition coefficient (Wildman–Crippen LogP) is 4.15. The lowest BCUT2D eigenvalue weighted by Gasteiger charge is -2.34. The Morgan fingerprint density at radius 2 is 2.19 bits per heavy atom. The highest BCUT2D eigenvalue weighted by atomic mass is 79.9. The van der Waals surface area contributed by atoms with Gasteiger partial charge in [0.25, 0.3) is 0 Å². The summed E-state index contributed by atoms with van der Waals surface area (Å²) >= 11 is 3.50. The maximum Gasteiger partial charge on any atom is 0.337 e. The fourth-order valence-electron chi connectivity index (χ4n) is 3.66. The maximum absolute atomic E-state index is 12.8. The molecule has 5 nitrogen and oxygen atoms in total. The summed E-state index contributed by atoms with van der Waals surface area (Å²) in [5.74, 6) is -0.147. The molecule has 0 amide bonds. The van der Waals surface area contributed by atoms with E-state index in [1.165, 1.54) is 6.08 Å². The van der Waals surface area contributed by atoms with E-state index in [9.17, 15) is 9.59 Å². The van der Waals surface area contributed by atoms with Gasteiger partial charge in [0.15, 0.2) is 5.78 Å². The van der Waals surface area contributed by atoms with Crippen LogP contribution in [-0.4, -0.2) is 25.5 Å². The zero-order chi connectivity index (χ0) is 19.6. The van der Waals surface area contributed by atoms with Gasteiger partial charge in [0.1, 0.15) is 12.4 Å². The molecule has 27 heavy (non-hydrogen) atoms. The Morgan fingerprint density at radius 3 is 2.85 bits per heavy atom. The van der Waals surface area contributed by atoms with Crippen molar-refractivity contribution in [3.05, 3.63) is 63.4 Å². The minimum Gasteiger partial charge on any atom is -0.496 e. The van der Waals surface area contributed by atoms with Gasteiger partial charge in [-0.15, -0.1) is 0 Å². The Morgan fingerprint density at radius 1 is 1.41 bits per heavy atom. The molecular weight excluding hydrogens is 410 g/mol. The number of carbonyl (C=O) groups excluding carboxylic acids is 2. The largest absolute Gasteiger partial charge is 0.496 e. The van der Waals surface area contributed by atoms with Gasteiger partial charge in [-0.1, -0.05) is 18.7 Å². The van der Waals surface area contributed by atoms with Gasteiger partial charge >= 0.3 is 5.97 Å². The van der Waals surface area contributed by atoms with Crippen molar-refractivity contribution in [3.63, 3.8) is 0 Å². The average molecular weight is 432 g/mol. The van der Waals surface area contributed by atoms with Crippen LogP contribution in [0.5, 0.6) is 5.75 Å². The molecule has 1 aromatic carbocycles. The van der Waals surface area contributed by atoms with Gasteiger partial charge < -0.3 is 14.8 Å². The van der Waals surface area contributed by atoms with Crippen molar-refractivity contribution in [2.45, 2.75) is 32.1 Å². The Labute approximate surface area is 167 Å². The highest BCUT2D eigenvalue weighted by Crippen LogP contribution is 2.43. The molecule has 1 aliphatic heterocycles. The van der Waals surface area contributed by atoms with Gasteiger partial charge in [-0.3, -0.25) is 4.79 Å². The molecule has 0 saturated heterocycles. The zero-order valence-corrected chi connectivity index (χ0v) is 17.0. The number of methoxy groups -OCH3 is 1. The summed E-state index contributed by atoms with van der Waals surface area (Å²) in [6.45, 7) is 5.56. The molecule has 1 atom stereocenters. The summed E-state index contributed by atoms with van der Waals surface area (Å²) in [4.78, 5) is 25.6. The van der Waals surface area contributed by atoms with Crippen molar-refractivity contribution in [2.75, 3.05) is 13.7 Å². The second-order valence-electron chi connectivity index (χ2n) is 6.55. The van der Waals surface area contributed by atoms with Crippen LogP contribution in [0.15, 0.2) is 57.9 Å². The number of allylic oxidation sites excluding steroid dienone is 3. The molecule has 1 aromatic rings. The molecule has 142 valence electrons. The van der Waals surface area contributed by atoms with Crippen LogP contribution in [0.4, 0.5) is 0 Å². The number of hydrogen-bond acceptors (Lipinski definition) is 5. The molecule has 1 N–H and O–H groups in total. The minimum absolute atomic E-state index is 0.0715. The number of ether oxygens (including phenoxy) is 2. The smallest absolute Gasteiger partial charge is 0.337 e. The molecule has 2 aliphatic rings. The molecule has 1 aliphatic carbocycles. The van der Waals surface area contributed by atoms with E-state index in [-0.39, 0.29) is 12.4 Å². The van der Waals surface area contributed by atoms with Crippen molar-refractivity contribution < 1.29 is 19.1 Å². The van der Waals surface area contributed by atoms with Gasteiger partial charge in [-0.2, -0.15) is 0 Å². The normalized spacial score (nSPS) is 19.4. The lowest BCUT2D eigenvalue weighted by atomic mass is 9.75. The SMILES string of the molecule is C=CCOC(=O)C1=C(C)NC2=C(C(=O)CCC2)[C@H]1c1ccc(OC)c(Br)c1. The minimum atomic E-state index is -0.464. The third-order valence-corrected chi connectivity index (χ3v) is 5.46. The van der Waals surface area contributed by atoms with Crippen LogP contribution in [0, 0.1) is 0 Å². The van der Waals surface area contributed by atoms with Gasteiger partial charge in [0.05, 0.1) is 17.2 Å². The van der Waals surface area contributed by atoms with Crippen molar-refractivity contribution >= 4 is 27.7 Å². The number of benzene rings is 1. The first-order valence-electron chi connectivity index (χ1n) is 8.83. The maximum atomic E-state index is 12.8. The van der Waals surface area contributed by atoms with E-state index in [0.717, 1.165) is 34.3 Å². The third-order valence-electron chi connectivity index (χ3n) is 4.84. The lowest BCUT2D eigenvalue weighted by molar-refractivity contribution is -0.138. The summed E-state index contributed by atoms with van der Waals surface area (Å²) in [5.41, 5.74) is 3.59. The van der Waals surface area contributed by atoms with E-state index >= 15 is 0 Å². The fourth-order valence-corrected chi connectivity index (χ4v) is 4.22. The highest BCUT2D eigenvalue weighted by molar-refractivity contribution is 9.10. The molecule has 6 heteroatoms. The second-order valence-corrected chi connectivity index (χ2v) is 7.40. The molecule has 0 aromatic heterocycles. The quantitative estimate of drug-likeness (QED) is 0.560. The van der Waals surface area contributed by atoms with Crippen LogP contribution in [0.2, 0.25) is 0 Å². The molecule has 0 spiro atoms. The van der Waals surface area contributed by atoms with Crippen molar-refractivity contribution in [2.24, 2.45) is 0 Å². The first-order chi connectivity index (χ1) is 13.0. The number of hydrogen-bond donors (Lipinski definition) is 1. The van der Waals surface area contributed by atoms with Crippen molar-refractivity contribution in [1.29, 1.82) is 0 Å². The number of dihydropyridines is 1. The second kappa shape index (κ2) is 8.13. The summed E-state index contributed by atoms with van der Waals surface area (Å²) in [6.07, 6.45) is 3.62. The Balaban J connectivity index is 2.14. The van der Waals surface area contributed by atoms with E-state index in [2.05, 4.69) is 27.8 Å². The number of esters is 1. The zero-order valence-electron chi connectivity index (χ0n) is 15.4. The third kappa shape index (κ3) is 3.72. The summed E-state index contributed by atoms with van der Waals surface area (Å²) < 4.78 is 11.4. The molecular formula is C21H22BrNO4. The standard InChI is InChI=1S/C21H22BrNO4/c1-4-10-27-21(25)18-12(2)23-15-6-5-7-16(24)20(15)19(18)13-8-9-17(26-3)14(22)11-13/h4,8-9,11,19,23H,1,5-7,10H2,2-3H3/t19-/m0/s1. The van der Waals surface area contributed by atoms with Gasteiger partial charge in [-0.25, -0.2) is 4.79 Å². The Bertz CT molecular complexity index is 869. The van der Waals surface area contributed by atoms with Gasteiger partial charge in [0.2, 0.25) is 0 Å². The first-order valence-corrected chi connectivity index (χ1v) is 9.62. The van der Waals surface area contributed by atoms with Gasteiger partial charge in [-0.05, 0) is 53.4 Å². The number of rotatable bonds is 5. The van der Waals surface area contributed by atoms with Crippen LogP contribution < -0.4 is 10.1 Å². The molecule has 0 fully saturated rings. The summed E-state index contributed by atoms with van der Waals surface area (Å²) in [5, 5.41) is 3.27. The van der Waals surface area contributed by atoms with E-state index < -0.39 is 11.9 Å². The topological polar surface area (TPSA) is 64.6 Å². The van der Waals surface area contributed by atoms with Crippen LogP contribution >= 0.6 is 15.9 Å². The summed E-state index contributed by atoms with van der Waals surface area (Å²) in [6, 6.07) is 5.62. The van der Waals surface area contributed by atoms with Crippen LogP contribution in [0.25, 0.3) is 0 Å². The van der Waals surface area contributed by atoms with E-state index in [0.29, 0.717) is 23.3 Å². The van der Waals surface area contributed by atoms with Crippen LogP contribution in [0.3, 0.4) is 0 Å². The average Bonchev–Trinajstić information content (AvgIpc) is 2.65. The molecule has 3 rings (SSSR count). The predicted molar refractivity (Wildman–Crippen MR) is 106 cm³/mol. The van der Waals surface area contributed by atoms with Crippen LogP contribution in [0.1, 0.15) is 37.7 Å². The van der Waals surface area contributed by atoms with Gasteiger partial charge in [0, 0.05) is 29.3 Å². The number of ketones is 1. The van der Waals surface area contributed by atoms with E-state index in [1.54, 1.807) is 7.11 Å². The lowest BCUT2D eigenvalue weighted by Crippen LogP contribution is -2.34. The highest BCUT2D eigenvalue weighted by Gasteiger charge is 2.39. The van der Waals surface area contributed by atoms with Crippen molar-refractivity contribution in [3.8, 4) is 5.75 Å². The number of carbonyl (C=O) groups is 2.